The molecule has 20 heavy (non-hydrogen) atoms. The largest absolute Gasteiger partial charge is 0.705 e. The van der Waals surface area contributed by atoms with Crippen molar-refractivity contribution in [1.82, 2.24) is 0 Å². The molecule has 0 saturated heterocycles. The van der Waals surface area contributed by atoms with Gasteiger partial charge in [0.1, 0.15) is 0 Å². The van der Waals surface area contributed by atoms with E-state index in [-0.39, 0.29) is 18.4 Å². The van der Waals surface area contributed by atoms with Crippen molar-refractivity contribution < 1.29 is 32.7 Å². The smallest absolute Gasteiger partial charge is 0.433 e. The van der Waals surface area contributed by atoms with E-state index in [1.807, 2.05) is 0 Å². The highest BCUT2D eigenvalue weighted by Gasteiger charge is 2.32. The molecule has 7 nitrogen and oxygen atoms in total. The number of carbonyl (C=O) groups is 2. The first kappa shape index (κ1) is 17.0. The minimum atomic E-state index is -2.53. The predicted molar refractivity (Wildman–Crippen MR) is 68.5 cm³/mol. The van der Waals surface area contributed by atoms with E-state index in [2.05, 4.69) is 4.74 Å². The van der Waals surface area contributed by atoms with Crippen LogP contribution in [0.25, 0.3) is 0 Å². The number of carbonyl (C=O) groups excluding carboxylic acids is 2. The molecule has 0 aromatic heterocycles. The zero-order valence-electron chi connectivity index (χ0n) is 11.6. The second-order valence-corrected chi connectivity index (χ2v) is 5.44. The summed E-state index contributed by atoms with van der Waals surface area (Å²) in [6, 6.07) is 0. The van der Waals surface area contributed by atoms with E-state index in [1.54, 1.807) is 0 Å². The van der Waals surface area contributed by atoms with Crippen LogP contribution in [0.4, 0.5) is 0 Å². The Balaban J connectivity index is 2.27. The summed E-state index contributed by atoms with van der Waals surface area (Å²) in [4.78, 5) is 21.8. The Bertz CT molecular complexity index is 341. The third kappa shape index (κ3) is 6.41. The molecule has 0 bridgehead atoms. The molecule has 1 saturated carbocycles. The Kier molecular flexibility index (Phi) is 7.65. The highest BCUT2D eigenvalue weighted by molar-refractivity contribution is 7.33. The lowest BCUT2D eigenvalue weighted by Gasteiger charge is -2.20. The van der Waals surface area contributed by atoms with Gasteiger partial charge < -0.3 is 9.47 Å². The first-order valence-corrected chi connectivity index (χ1v) is 7.73. The van der Waals surface area contributed by atoms with E-state index in [0.29, 0.717) is 0 Å². The topological polar surface area (TPSA) is 88.1 Å². The summed E-state index contributed by atoms with van der Waals surface area (Å²) in [5, 5.41) is 0. The quantitative estimate of drug-likeness (QED) is 0.295. The highest BCUT2D eigenvalue weighted by Crippen LogP contribution is 2.30. The van der Waals surface area contributed by atoms with Gasteiger partial charge in [0, 0.05) is 18.4 Å². The second kappa shape index (κ2) is 9.00. The molecule has 1 aliphatic rings. The van der Waals surface area contributed by atoms with Crippen molar-refractivity contribution in [2.24, 2.45) is 5.92 Å². The maximum Gasteiger partial charge on any atom is 0.705 e. The molecule has 8 heteroatoms. The van der Waals surface area contributed by atoms with E-state index in [0.717, 1.165) is 32.1 Å². The van der Waals surface area contributed by atoms with Crippen LogP contribution in [-0.4, -0.2) is 25.0 Å². The Morgan fingerprint density at radius 3 is 2.35 bits per heavy atom. The molecule has 0 radical (unpaired) electrons. The van der Waals surface area contributed by atoms with E-state index in [1.165, 1.54) is 13.8 Å². The number of hydrogen-bond donors (Lipinski definition) is 0. The maximum atomic E-state index is 11.8. The van der Waals surface area contributed by atoms with Gasteiger partial charge >= 0.3 is 14.2 Å². The molecule has 0 spiro atoms. The molecule has 1 rings (SSSR count). The molecular formula is C12H20O7P+. The molecule has 1 aliphatic carbocycles. The third-order valence-corrected chi connectivity index (χ3v) is 3.87. The summed E-state index contributed by atoms with van der Waals surface area (Å²) in [5.41, 5.74) is 0. The van der Waals surface area contributed by atoms with Crippen LogP contribution in [0.15, 0.2) is 0 Å². The average molecular weight is 307 g/mol. The minimum Gasteiger partial charge on any atom is -0.433 e. The number of hydrogen-bond acceptors (Lipinski definition) is 7. The maximum absolute atomic E-state index is 11.8. The fraction of sp³-hybridized carbons (Fsp3) is 0.833. The normalized spacial score (nSPS) is 19.8. The standard InChI is InChI=1S/C12H20O7P/c1-9(16-8-13)18-20(15)19-10(2)17-12(14)11-6-4-3-5-7-11/h8-11H,3-7H2,1-2H3/q+1. The van der Waals surface area contributed by atoms with Gasteiger partial charge in [-0.15, -0.1) is 0 Å². The lowest BCUT2D eigenvalue weighted by atomic mass is 9.89. The van der Waals surface area contributed by atoms with Crippen molar-refractivity contribution in [3.63, 3.8) is 0 Å². The van der Waals surface area contributed by atoms with Crippen molar-refractivity contribution in [1.29, 1.82) is 0 Å². The first-order valence-electron chi connectivity index (χ1n) is 6.63. The van der Waals surface area contributed by atoms with Gasteiger partial charge in [-0.25, -0.2) is 0 Å². The van der Waals surface area contributed by atoms with Crippen LogP contribution in [0.2, 0.25) is 0 Å². The number of rotatable bonds is 8. The predicted octanol–water partition coefficient (Wildman–Crippen LogP) is 2.67. The molecule has 0 N–H and O–H groups in total. The van der Waals surface area contributed by atoms with Crippen molar-refractivity contribution in [3.05, 3.63) is 0 Å². The Morgan fingerprint density at radius 1 is 1.15 bits per heavy atom. The van der Waals surface area contributed by atoms with Crippen LogP contribution in [0.1, 0.15) is 46.0 Å². The summed E-state index contributed by atoms with van der Waals surface area (Å²) in [6.07, 6.45) is 2.86. The van der Waals surface area contributed by atoms with Crippen LogP contribution in [0, 0.1) is 5.92 Å². The summed E-state index contributed by atoms with van der Waals surface area (Å²) in [6.45, 7) is 3.03. The zero-order valence-corrected chi connectivity index (χ0v) is 12.5. The zero-order chi connectivity index (χ0) is 15.0. The van der Waals surface area contributed by atoms with Gasteiger partial charge in [0.2, 0.25) is 0 Å². The summed E-state index contributed by atoms with van der Waals surface area (Å²) in [7, 11) is -2.53. The van der Waals surface area contributed by atoms with Gasteiger partial charge in [-0.1, -0.05) is 28.3 Å². The molecule has 3 atom stereocenters. The van der Waals surface area contributed by atoms with Gasteiger partial charge in [0.15, 0.2) is 0 Å². The van der Waals surface area contributed by atoms with Crippen LogP contribution < -0.4 is 0 Å². The fourth-order valence-electron chi connectivity index (χ4n) is 1.99. The Hall–Kier alpha value is -1.04. The lowest BCUT2D eigenvalue weighted by Crippen LogP contribution is -2.25. The molecule has 114 valence electrons. The minimum absolute atomic E-state index is 0.106. The van der Waals surface area contributed by atoms with Gasteiger partial charge in [-0.2, -0.15) is 0 Å². The molecule has 0 amide bonds. The second-order valence-electron chi connectivity index (χ2n) is 4.57. The molecule has 0 heterocycles. The van der Waals surface area contributed by atoms with Crippen LogP contribution in [-0.2, 0) is 32.7 Å². The molecule has 1 fully saturated rings. The molecule has 0 aromatic carbocycles. The number of ether oxygens (including phenoxy) is 2. The monoisotopic (exact) mass is 307 g/mol. The Labute approximate surface area is 118 Å². The van der Waals surface area contributed by atoms with Crippen molar-refractivity contribution >= 4 is 20.7 Å². The van der Waals surface area contributed by atoms with E-state index >= 15 is 0 Å². The molecular weight excluding hydrogens is 287 g/mol. The van der Waals surface area contributed by atoms with Crippen molar-refractivity contribution in [3.8, 4) is 0 Å². The van der Waals surface area contributed by atoms with Crippen molar-refractivity contribution in [2.45, 2.75) is 58.5 Å². The molecule has 0 aromatic rings. The third-order valence-electron chi connectivity index (χ3n) is 2.94. The van der Waals surface area contributed by atoms with Crippen LogP contribution >= 0.6 is 8.25 Å². The fourth-order valence-corrected chi connectivity index (χ4v) is 2.62. The summed E-state index contributed by atoms with van der Waals surface area (Å²) < 4.78 is 30.5. The van der Waals surface area contributed by atoms with E-state index < -0.39 is 20.8 Å². The SMILES string of the molecule is CC(OC=O)O[P+](=O)OC(C)OC(=O)C1CCCCC1. The van der Waals surface area contributed by atoms with Gasteiger partial charge in [-0.3, -0.25) is 9.59 Å². The Morgan fingerprint density at radius 2 is 1.75 bits per heavy atom. The molecule has 0 aliphatic heterocycles. The highest BCUT2D eigenvalue weighted by atomic mass is 31.1. The molecule has 3 unspecified atom stereocenters. The van der Waals surface area contributed by atoms with Crippen LogP contribution in [0.5, 0.6) is 0 Å². The van der Waals surface area contributed by atoms with Gasteiger partial charge in [0.05, 0.1) is 5.92 Å². The van der Waals surface area contributed by atoms with E-state index in [9.17, 15) is 14.2 Å². The van der Waals surface area contributed by atoms with Gasteiger partial charge in [0.25, 0.3) is 19.1 Å². The lowest BCUT2D eigenvalue weighted by molar-refractivity contribution is -0.168. The van der Waals surface area contributed by atoms with Crippen molar-refractivity contribution in [2.75, 3.05) is 0 Å². The first-order chi connectivity index (χ1) is 9.52. The van der Waals surface area contributed by atoms with E-state index in [4.69, 9.17) is 13.8 Å². The van der Waals surface area contributed by atoms with Gasteiger partial charge in [-0.05, 0) is 12.8 Å². The summed E-state index contributed by atoms with van der Waals surface area (Å²) >= 11 is 0. The number of esters is 1. The average Bonchev–Trinajstić information content (AvgIpc) is 2.39. The summed E-state index contributed by atoms with van der Waals surface area (Å²) in [5.74, 6) is -0.441. The van der Waals surface area contributed by atoms with Crippen LogP contribution in [0.3, 0.4) is 0 Å².